The highest BCUT2D eigenvalue weighted by molar-refractivity contribution is 5.47. The number of hydrogen-bond acceptors (Lipinski definition) is 6. The molecule has 6 nitrogen and oxygen atoms in total. The summed E-state index contributed by atoms with van der Waals surface area (Å²) < 4.78 is 22.4. The van der Waals surface area contributed by atoms with Crippen molar-refractivity contribution in [2.24, 2.45) is 0 Å². The summed E-state index contributed by atoms with van der Waals surface area (Å²) in [5.74, 6) is 2.59. The van der Waals surface area contributed by atoms with Gasteiger partial charge in [-0.05, 0) is 23.8 Å². The van der Waals surface area contributed by atoms with Crippen molar-refractivity contribution < 1.29 is 18.9 Å². The van der Waals surface area contributed by atoms with E-state index in [1.54, 1.807) is 7.11 Å². The third kappa shape index (κ3) is 4.41. The first-order chi connectivity index (χ1) is 13.8. The van der Waals surface area contributed by atoms with Gasteiger partial charge in [-0.2, -0.15) is 0 Å². The first-order valence-corrected chi connectivity index (χ1v) is 9.89. The van der Waals surface area contributed by atoms with Crippen LogP contribution in [-0.4, -0.2) is 58.1 Å². The van der Waals surface area contributed by atoms with Gasteiger partial charge in [-0.25, -0.2) is 0 Å². The van der Waals surface area contributed by atoms with Gasteiger partial charge in [0.2, 0.25) is 0 Å². The van der Waals surface area contributed by atoms with Crippen LogP contribution in [-0.2, 0) is 11.3 Å². The summed E-state index contributed by atoms with van der Waals surface area (Å²) in [7, 11) is 1.70. The number of methoxy groups -OCH3 is 1. The maximum absolute atomic E-state index is 5.83. The standard InChI is InChI=1S/C22H28N2O4/c1-25-19-7-5-17(6-8-19)20(24-9-11-26-12-10-24)16-23-15-18-3-2-4-21-22(18)28-14-13-27-21/h2-8,20,23H,9-16H2,1H3. The predicted octanol–water partition coefficient (Wildman–Crippen LogP) is 2.63. The molecule has 1 unspecified atom stereocenters. The van der Waals surface area contributed by atoms with Crippen molar-refractivity contribution in [3.05, 3.63) is 53.6 Å². The summed E-state index contributed by atoms with van der Waals surface area (Å²) in [5.41, 5.74) is 2.41. The molecule has 6 heteroatoms. The molecule has 0 aromatic heterocycles. The van der Waals surface area contributed by atoms with Crippen LogP contribution in [0.15, 0.2) is 42.5 Å². The fourth-order valence-electron chi connectivity index (χ4n) is 3.79. The molecule has 2 aliphatic heterocycles. The van der Waals surface area contributed by atoms with Crippen LogP contribution in [0.5, 0.6) is 17.2 Å². The lowest BCUT2D eigenvalue weighted by atomic mass is 10.0. The molecule has 0 radical (unpaired) electrons. The molecular weight excluding hydrogens is 356 g/mol. The Kier molecular flexibility index (Phi) is 6.31. The maximum atomic E-state index is 5.83. The summed E-state index contributed by atoms with van der Waals surface area (Å²) in [4.78, 5) is 2.48. The molecule has 2 heterocycles. The van der Waals surface area contributed by atoms with Gasteiger partial charge in [-0.15, -0.1) is 0 Å². The average Bonchev–Trinajstić information content (AvgIpc) is 2.77. The van der Waals surface area contributed by atoms with Gasteiger partial charge in [0.15, 0.2) is 11.5 Å². The van der Waals surface area contributed by atoms with Crippen LogP contribution in [0.25, 0.3) is 0 Å². The first-order valence-electron chi connectivity index (χ1n) is 9.89. The van der Waals surface area contributed by atoms with Crippen molar-refractivity contribution in [2.45, 2.75) is 12.6 Å². The fraction of sp³-hybridized carbons (Fsp3) is 0.455. The van der Waals surface area contributed by atoms with Crippen molar-refractivity contribution in [2.75, 3.05) is 53.2 Å². The minimum atomic E-state index is 0.284. The molecule has 28 heavy (non-hydrogen) atoms. The zero-order chi connectivity index (χ0) is 19.2. The molecule has 2 aromatic carbocycles. The molecule has 1 N–H and O–H groups in total. The number of nitrogens with zero attached hydrogens (tertiary/aromatic N) is 1. The molecule has 2 aromatic rings. The number of nitrogens with one attached hydrogen (secondary N) is 1. The minimum Gasteiger partial charge on any atom is -0.497 e. The fourth-order valence-corrected chi connectivity index (χ4v) is 3.79. The van der Waals surface area contributed by atoms with Gasteiger partial charge in [-0.1, -0.05) is 24.3 Å². The Bertz CT molecular complexity index is 760. The molecule has 0 spiro atoms. The molecule has 4 rings (SSSR count). The lowest BCUT2D eigenvalue weighted by molar-refractivity contribution is 0.0161. The molecule has 0 saturated carbocycles. The number of rotatable bonds is 7. The number of fused-ring (bicyclic) bond motifs is 1. The van der Waals surface area contributed by atoms with Crippen molar-refractivity contribution >= 4 is 0 Å². The smallest absolute Gasteiger partial charge is 0.165 e. The third-order valence-electron chi connectivity index (χ3n) is 5.29. The lowest BCUT2D eigenvalue weighted by Crippen LogP contribution is -2.42. The number of benzene rings is 2. The highest BCUT2D eigenvalue weighted by Gasteiger charge is 2.23. The van der Waals surface area contributed by atoms with E-state index in [1.807, 2.05) is 24.3 Å². The first kappa shape index (κ1) is 19.1. The van der Waals surface area contributed by atoms with Crippen LogP contribution in [0.4, 0.5) is 0 Å². The van der Waals surface area contributed by atoms with Crippen molar-refractivity contribution in [1.82, 2.24) is 10.2 Å². The second kappa shape index (κ2) is 9.28. The Morgan fingerprint density at radius 3 is 2.57 bits per heavy atom. The summed E-state index contributed by atoms with van der Waals surface area (Å²) in [5, 5.41) is 3.63. The second-order valence-corrected chi connectivity index (χ2v) is 7.01. The Hall–Kier alpha value is -2.28. The Labute approximate surface area is 166 Å². The topological polar surface area (TPSA) is 52.2 Å². The molecule has 1 atom stereocenters. The van der Waals surface area contributed by atoms with Crippen LogP contribution in [0.2, 0.25) is 0 Å². The third-order valence-corrected chi connectivity index (χ3v) is 5.29. The molecule has 0 aliphatic carbocycles. The maximum Gasteiger partial charge on any atom is 0.165 e. The summed E-state index contributed by atoms with van der Waals surface area (Å²) in [6, 6.07) is 14.7. The van der Waals surface area contributed by atoms with Gasteiger partial charge < -0.3 is 24.3 Å². The molecule has 150 valence electrons. The van der Waals surface area contributed by atoms with E-state index in [-0.39, 0.29) is 6.04 Å². The number of morpholine rings is 1. The lowest BCUT2D eigenvalue weighted by Gasteiger charge is -2.35. The van der Waals surface area contributed by atoms with Gasteiger partial charge in [0, 0.05) is 37.8 Å². The van der Waals surface area contributed by atoms with Gasteiger partial charge in [0.25, 0.3) is 0 Å². The van der Waals surface area contributed by atoms with Crippen molar-refractivity contribution in [3.63, 3.8) is 0 Å². The van der Waals surface area contributed by atoms with Gasteiger partial charge in [0.05, 0.1) is 20.3 Å². The number of para-hydroxylation sites is 1. The molecule has 0 amide bonds. The Balaban J connectivity index is 1.45. The Morgan fingerprint density at radius 1 is 1.00 bits per heavy atom. The quantitative estimate of drug-likeness (QED) is 0.792. The second-order valence-electron chi connectivity index (χ2n) is 7.01. The van der Waals surface area contributed by atoms with Crippen LogP contribution in [0, 0.1) is 0 Å². The number of hydrogen-bond donors (Lipinski definition) is 1. The van der Waals surface area contributed by atoms with E-state index in [9.17, 15) is 0 Å². The molecule has 0 bridgehead atoms. The molecule has 1 saturated heterocycles. The van der Waals surface area contributed by atoms with E-state index in [0.29, 0.717) is 13.2 Å². The van der Waals surface area contributed by atoms with E-state index in [1.165, 1.54) is 5.56 Å². The minimum absolute atomic E-state index is 0.284. The summed E-state index contributed by atoms with van der Waals surface area (Å²) in [6.45, 7) is 6.24. The monoisotopic (exact) mass is 384 g/mol. The normalized spacial score (nSPS) is 17.9. The van der Waals surface area contributed by atoms with E-state index >= 15 is 0 Å². The van der Waals surface area contributed by atoms with Gasteiger partial charge in [-0.3, -0.25) is 4.90 Å². The van der Waals surface area contributed by atoms with Crippen LogP contribution >= 0.6 is 0 Å². The largest absolute Gasteiger partial charge is 0.497 e. The van der Waals surface area contributed by atoms with Gasteiger partial charge >= 0.3 is 0 Å². The van der Waals surface area contributed by atoms with Crippen LogP contribution in [0.1, 0.15) is 17.2 Å². The van der Waals surface area contributed by atoms with E-state index in [2.05, 4.69) is 28.4 Å². The number of ether oxygens (including phenoxy) is 4. The summed E-state index contributed by atoms with van der Waals surface area (Å²) in [6.07, 6.45) is 0. The summed E-state index contributed by atoms with van der Waals surface area (Å²) >= 11 is 0. The van der Waals surface area contributed by atoms with Crippen molar-refractivity contribution in [3.8, 4) is 17.2 Å². The molecule has 2 aliphatic rings. The van der Waals surface area contributed by atoms with Crippen molar-refractivity contribution in [1.29, 1.82) is 0 Å². The highest BCUT2D eigenvalue weighted by Crippen LogP contribution is 2.33. The van der Waals surface area contributed by atoms with E-state index < -0.39 is 0 Å². The zero-order valence-corrected chi connectivity index (χ0v) is 16.4. The van der Waals surface area contributed by atoms with Crippen LogP contribution < -0.4 is 19.5 Å². The molecular formula is C22H28N2O4. The van der Waals surface area contributed by atoms with Gasteiger partial charge in [0.1, 0.15) is 19.0 Å². The Morgan fingerprint density at radius 2 is 1.79 bits per heavy atom. The zero-order valence-electron chi connectivity index (χ0n) is 16.4. The highest BCUT2D eigenvalue weighted by atomic mass is 16.6. The SMILES string of the molecule is COc1ccc(C(CNCc2cccc3c2OCCO3)N2CCOCC2)cc1. The van der Waals surface area contributed by atoms with E-state index in [4.69, 9.17) is 18.9 Å². The molecule has 1 fully saturated rings. The van der Waals surface area contributed by atoms with Crippen LogP contribution in [0.3, 0.4) is 0 Å². The predicted molar refractivity (Wildman–Crippen MR) is 107 cm³/mol. The average molecular weight is 384 g/mol. The van der Waals surface area contributed by atoms with E-state index in [0.717, 1.165) is 62.2 Å².